The lowest BCUT2D eigenvalue weighted by Crippen LogP contribution is -1.90. The summed E-state index contributed by atoms with van der Waals surface area (Å²) in [5, 5.41) is 0. The van der Waals surface area contributed by atoms with Crippen molar-refractivity contribution in [2.24, 2.45) is 0 Å². The van der Waals surface area contributed by atoms with E-state index in [0.29, 0.717) is 0 Å². The van der Waals surface area contributed by atoms with Crippen molar-refractivity contribution in [2.75, 3.05) is 7.11 Å². The van der Waals surface area contributed by atoms with Crippen molar-refractivity contribution in [3.05, 3.63) is 59.7 Å². The summed E-state index contributed by atoms with van der Waals surface area (Å²) in [7, 11) is 1.71. The van der Waals surface area contributed by atoms with Crippen molar-refractivity contribution in [1.29, 1.82) is 0 Å². The van der Waals surface area contributed by atoms with Gasteiger partial charge in [0.05, 0.1) is 7.11 Å². The average Bonchev–Trinajstić information content (AvgIpc) is 2.56. The summed E-state index contributed by atoms with van der Waals surface area (Å²) in [6, 6.07) is 8.36. The van der Waals surface area contributed by atoms with Crippen molar-refractivity contribution >= 4 is 5.57 Å². The van der Waals surface area contributed by atoms with Gasteiger partial charge < -0.3 is 4.74 Å². The van der Waals surface area contributed by atoms with Gasteiger partial charge in [-0.1, -0.05) is 63.1 Å². The molecule has 0 amide bonds. The second-order valence-electron chi connectivity index (χ2n) is 5.46. The highest BCUT2D eigenvalue weighted by Crippen LogP contribution is 2.27. The lowest BCUT2D eigenvalue weighted by molar-refractivity contribution is 0.415. The first-order valence-corrected chi connectivity index (χ1v) is 8.43. The molecule has 0 aliphatic heterocycles. The van der Waals surface area contributed by atoms with Gasteiger partial charge in [0, 0.05) is 0 Å². The molecule has 0 atom stereocenters. The van der Waals surface area contributed by atoms with Crippen LogP contribution in [-0.2, 0) is 0 Å². The molecule has 0 bridgehead atoms. The van der Waals surface area contributed by atoms with Crippen molar-refractivity contribution < 1.29 is 4.74 Å². The van der Waals surface area contributed by atoms with E-state index < -0.39 is 0 Å². The fourth-order valence-electron chi connectivity index (χ4n) is 2.39. The summed E-state index contributed by atoms with van der Waals surface area (Å²) in [6.45, 7) is 6.54. The van der Waals surface area contributed by atoms with Gasteiger partial charge >= 0.3 is 0 Å². The van der Waals surface area contributed by atoms with Gasteiger partial charge in [-0.2, -0.15) is 0 Å². The second kappa shape index (κ2) is 10.9. The molecule has 1 heteroatoms. The number of hydrogen-bond donors (Lipinski definition) is 0. The predicted molar refractivity (Wildman–Crippen MR) is 98.3 cm³/mol. The third kappa shape index (κ3) is 5.93. The molecule has 0 saturated heterocycles. The Morgan fingerprint density at radius 3 is 2.32 bits per heavy atom. The molecule has 120 valence electrons. The maximum Gasteiger partial charge on any atom is 0.118 e. The van der Waals surface area contributed by atoms with Gasteiger partial charge in [-0.3, -0.25) is 0 Å². The highest BCUT2D eigenvalue weighted by Gasteiger charge is 2.05. The number of rotatable bonds is 9. The van der Waals surface area contributed by atoms with Crippen LogP contribution in [0, 0.1) is 0 Å². The molecule has 0 aliphatic rings. The van der Waals surface area contributed by atoms with E-state index in [2.05, 4.69) is 57.2 Å². The fourth-order valence-corrected chi connectivity index (χ4v) is 2.39. The summed E-state index contributed by atoms with van der Waals surface area (Å²) < 4.78 is 5.27. The van der Waals surface area contributed by atoms with Crippen molar-refractivity contribution in [2.45, 2.75) is 52.9 Å². The molecule has 0 N–H and O–H groups in total. The standard InChI is InChI=1S/C21H30O/c1-5-8-10-13-18(12-9-6-2)21(11-7-3)19-14-16-20(22-4)17-15-19/h7,10-11,13-17H,5-6,8-9,12H2,1-4H3/b11-7-,13-10+,21-18-. The van der Waals surface area contributed by atoms with Crippen LogP contribution in [0.5, 0.6) is 5.75 Å². The van der Waals surface area contributed by atoms with E-state index >= 15 is 0 Å². The predicted octanol–water partition coefficient (Wildman–Crippen LogP) is 6.57. The van der Waals surface area contributed by atoms with E-state index in [1.165, 1.54) is 36.0 Å². The van der Waals surface area contributed by atoms with Crippen LogP contribution in [-0.4, -0.2) is 7.11 Å². The number of allylic oxidation sites excluding steroid dienone is 6. The number of methoxy groups -OCH3 is 1. The fraction of sp³-hybridized carbons (Fsp3) is 0.429. The van der Waals surface area contributed by atoms with Crippen LogP contribution in [0.4, 0.5) is 0 Å². The quantitative estimate of drug-likeness (QED) is 0.468. The molecule has 0 fully saturated rings. The molecule has 0 aliphatic carbocycles. The molecule has 0 unspecified atom stereocenters. The first-order chi connectivity index (χ1) is 10.8. The van der Waals surface area contributed by atoms with Crippen molar-refractivity contribution in [1.82, 2.24) is 0 Å². The van der Waals surface area contributed by atoms with Crippen LogP contribution in [0.3, 0.4) is 0 Å². The SMILES string of the molecule is C\C=C/C(=C(/C=C/CCC)CCCC)c1ccc(OC)cc1. The zero-order valence-electron chi connectivity index (χ0n) is 14.6. The maximum atomic E-state index is 5.27. The van der Waals surface area contributed by atoms with Gasteiger partial charge in [0.15, 0.2) is 0 Å². The Balaban J connectivity index is 3.20. The number of ether oxygens (including phenoxy) is 1. The molecule has 0 heterocycles. The molecule has 1 aromatic rings. The smallest absolute Gasteiger partial charge is 0.118 e. The van der Waals surface area contributed by atoms with Crippen molar-refractivity contribution in [3.63, 3.8) is 0 Å². The van der Waals surface area contributed by atoms with E-state index in [9.17, 15) is 0 Å². The Kier molecular flexibility index (Phi) is 9.06. The monoisotopic (exact) mass is 298 g/mol. The normalized spacial score (nSPS) is 12.9. The first kappa shape index (κ1) is 18.3. The Hall–Kier alpha value is -1.76. The van der Waals surface area contributed by atoms with Gasteiger partial charge in [0.1, 0.15) is 5.75 Å². The van der Waals surface area contributed by atoms with Crippen molar-refractivity contribution in [3.8, 4) is 5.75 Å². The summed E-state index contributed by atoms with van der Waals surface area (Å²) >= 11 is 0. The minimum atomic E-state index is 0.903. The van der Waals surface area contributed by atoms with E-state index in [1.54, 1.807) is 7.11 Å². The van der Waals surface area contributed by atoms with E-state index in [4.69, 9.17) is 4.74 Å². The summed E-state index contributed by atoms with van der Waals surface area (Å²) in [4.78, 5) is 0. The molecule has 0 aromatic heterocycles. The first-order valence-electron chi connectivity index (χ1n) is 8.43. The molecular weight excluding hydrogens is 268 g/mol. The third-order valence-corrected chi connectivity index (χ3v) is 3.65. The molecular formula is C21H30O. The molecule has 22 heavy (non-hydrogen) atoms. The Morgan fingerprint density at radius 2 is 1.77 bits per heavy atom. The van der Waals surface area contributed by atoms with E-state index in [-0.39, 0.29) is 0 Å². The van der Waals surface area contributed by atoms with Gasteiger partial charge in [0.2, 0.25) is 0 Å². The largest absolute Gasteiger partial charge is 0.497 e. The van der Waals surface area contributed by atoms with E-state index in [1.807, 2.05) is 12.1 Å². The summed E-state index contributed by atoms with van der Waals surface area (Å²) in [6.07, 6.45) is 14.9. The van der Waals surface area contributed by atoms with Gasteiger partial charge in [0.25, 0.3) is 0 Å². The third-order valence-electron chi connectivity index (χ3n) is 3.65. The molecule has 1 nitrogen and oxygen atoms in total. The maximum absolute atomic E-state index is 5.27. The van der Waals surface area contributed by atoms with Crippen LogP contribution < -0.4 is 4.74 Å². The molecule has 0 spiro atoms. The van der Waals surface area contributed by atoms with Gasteiger partial charge in [-0.25, -0.2) is 0 Å². The number of benzene rings is 1. The lowest BCUT2D eigenvalue weighted by atomic mass is 9.95. The lowest BCUT2D eigenvalue weighted by Gasteiger charge is -2.11. The Bertz CT molecular complexity index is 503. The Labute approximate surface area is 136 Å². The Morgan fingerprint density at radius 1 is 1.05 bits per heavy atom. The van der Waals surface area contributed by atoms with Gasteiger partial charge in [-0.15, -0.1) is 0 Å². The molecule has 1 aromatic carbocycles. The zero-order chi connectivity index (χ0) is 16.2. The topological polar surface area (TPSA) is 9.23 Å². The highest BCUT2D eigenvalue weighted by molar-refractivity contribution is 5.78. The zero-order valence-corrected chi connectivity index (χ0v) is 14.6. The molecule has 0 radical (unpaired) electrons. The van der Waals surface area contributed by atoms with Gasteiger partial charge in [-0.05, 0) is 55.0 Å². The molecule has 1 rings (SSSR count). The van der Waals surface area contributed by atoms with Crippen LogP contribution in [0.25, 0.3) is 5.57 Å². The number of hydrogen-bond acceptors (Lipinski definition) is 1. The summed E-state index contributed by atoms with van der Waals surface area (Å²) in [5.41, 5.74) is 4.01. The van der Waals surface area contributed by atoms with E-state index in [0.717, 1.165) is 18.6 Å². The average molecular weight is 298 g/mol. The van der Waals surface area contributed by atoms with Crippen LogP contribution in [0.1, 0.15) is 58.4 Å². The van der Waals surface area contributed by atoms with Crippen LogP contribution in [0.15, 0.2) is 54.1 Å². The minimum absolute atomic E-state index is 0.903. The second-order valence-corrected chi connectivity index (χ2v) is 5.46. The van der Waals surface area contributed by atoms with Crippen LogP contribution in [0.2, 0.25) is 0 Å². The highest BCUT2D eigenvalue weighted by atomic mass is 16.5. The number of unbranched alkanes of at least 4 members (excludes halogenated alkanes) is 2. The molecule has 0 saturated carbocycles. The minimum Gasteiger partial charge on any atom is -0.497 e. The van der Waals surface area contributed by atoms with Crippen LogP contribution >= 0.6 is 0 Å². The summed E-state index contributed by atoms with van der Waals surface area (Å²) in [5.74, 6) is 0.903.